The number of thiophene rings is 1. The van der Waals surface area contributed by atoms with E-state index in [-0.39, 0.29) is 6.61 Å². The predicted octanol–water partition coefficient (Wildman–Crippen LogP) is 2.21. The molecule has 0 saturated heterocycles. The third-order valence-electron chi connectivity index (χ3n) is 3.01. The highest BCUT2D eigenvalue weighted by atomic mass is 35.5. The fraction of sp³-hybridized carbons (Fsp3) is 0.455. The van der Waals surface area contributed by atoms with Gasteiger partial charge >= 0.3 is 0 Å². The number of aromatic nitrogens is 3. The van der Waals surface area contributed by atoms with Gasteiger partial charge in [0.2, 0.25) is 0 Å². The molecule has 0 spiro atoms. The molecule has 0 aliphatic carbocycles. The molecule has 90 valence electrons. The maximum atomic E-state index is 9.17. The molecule has 1 atom stereocenters. The van der Waals surface area contributed by atoms with Crippen molar-refractivity contribution in [2.75, 3.05) is 6.61 Å². The largest absolute Gasteiger partial charge is 0.396 e. The smallest absolute Gasteiger partial charge is 0.191 e. The molecular weight excluding hydrogens is 258 g/mol. The quantitative estimate of drug-likeness (QED) is 0.909. The number of halogens is 1. The summed E-state index contributed by atoms with van der Waals surface area (Å²) < 4.78 is 2.66. The minimum absolute atomic E-state index is 0.222. The van der Waals surface area contributed by atoms with E-state index < -0.39 is 0 Å². The van der Waals surface area contributed by atoms with Gasteiger partial charge in [-0.1, -0.05) is 11.6 Å². The molecule has 0 aromatic carbocycles. The number of nitrogens with zero attached hydrogens (tertiary/aromatic N) is 3. The Morgan fingerprint density at radius 1 is 1.53 bits per heavy atom. The molecule has 6 heteroatoms. The molecule has 1 aliphatic rings. The Kier molecular flexibility index (Phi) is 2.90. The number of aliphatic hydroxyl groups is 1. The van der Waals surface area contributed by atoms with Crippen LogP contribution in [0.4, 0.5) is 0 Å². The zero-order valence-corrected chi connectivity index (χ0v) is 10.7. The van der Waals surface area contributed by atoms with Gasteiger partial charge in [-0.25, -0.2) is 9.67 Å². The Hall–Kier alpha value is -0.910. The van der Waals surface area contributed by atoms with Gasteiger partial charge in [0.1, 0.15) is 5.82 Å². The molecule has 0 radical (unpaired) electrons. The molecule has 1 unspecified atom stereocenters. The summed E-state index contributed by atoms with van der Waals surface area (Å²) in [5.41, 5.74) is 0. The summed E-state index contributed by atoms with van der Waals surface area (Å²) in [7, 11) is 0. The van der Waals surface area contributed by atoms with E-state index in [1.54, 1.807) is 0 Å². The van der Waals surface area contributed by atoms with Gasteiger partial charge in [0.05, 0.1) is 9.21 Å². The molecule has 0 bridgehead atoms. The highest BCUT2D eigenvalue weighted by molar-refractivity contribution is 7.19. The van der Waals surface area contributed by atoms with Crippen molar-refractivity contribution in [1.29, 1.82) is 0 Å². The molecule has 4 nitrogen and oxygen atoms in total. The van der Waals surface area contributed by atoms with Crippen LogP contribution in [0.3, 0.4) is 0 Å². The minimum Gasteiger partial charge on any atom is -0.396 e. The van der Waals surface area contributed by atoms with E-state index in [0.717, 1.165) is 40.2 Å². The van der Waals surface area contributed by atoms with Crippen molar-refractivity contribution >= 4 is 22.9 Å². The monoisotopic (exact) mass is 269 g/mol. The lowest BCUT2D eigenvalue weighted by Crippen LogP contribution is -2.23. The fourth-order valence-corrected chi connectivity index (χ4v) is 3.03. The Morgan fingerprint density at radius 3 is 3.12 bits per heavy atom. The third-order valence-corrected chi connectivity index (χ3v) is 4.23. The first-order valence-corrected chi connectivity index (χ1v) is 6.76. The van der Waals surface area contributed by atoms with Gasteiger partial charge in [-0.2, -0.15) is 0 Å². The van der Waals surface area contributed by atoms with Crippen molar-refractivity contribution in [3.05, 3.63) is 22.3 Å². The molecule has 2 aromatic rings. The van der Waals surface area contributed by atoms with Crippen LogP contribution in [0.2, 0.25) is 4.34 Å². The molecule has 17 heavy (non-hydrogen) atoms. The van der Waals surface area contributed by atoms with Crippen LogP contribution in [0.15, 0.2) is 12.1 Å². The maximum Gasteiger partial charge on any atom is 0.191 e. The first kappa shape index (κ1) is 11.2. The second-order valence-electron chi connectivity index (χ2n) is 4.22. The average molecular weight is 270 g/mol. The summed E-state index contributed by atoms with van der Waals surface area (Å²) in [5, 5.41) is 13.6. The normalized spacial score (nSPS) is 19.3. The Bertz CT molecular complexity index is 537. The maximum absolute atomic E-state index is 9.17. The molecule has 0 fully saturated rings. The minimum atomic E-state index is 0.222. The Labute approximate surface area is 108 Å². The summed E-state index contributed by atoms with van der Waals surface area (Å²) in [6.07, 6.45) is 1.87. The van der Waals surface area contributed by atoms with Crippen molar-refractivity contribution in [2.45, 2.75) is 19.4 Å². The van der Waals surface area contributed by atoms with Crippen molar-refractivity contribution in [3.63, 3.8) is 0 Å². The number of aliphatic hydroxyl groups excluding tert-OH is 1. The standard InChI is InChI=1S/C11H12ClN3OS/c12-9-3-2-8(17-9)11-13-10-4-1-7(6-16)5-15(10)14-11/h2-3,7,16H,1,4-6H2. The molecule has 1 N–H and O–H groups in total. The van der Waals surface area contributed by atoms with Gasteiger partial charge < -0.3 is 5.11 Å². The lowest BCUT2D eigenvalue weighted by molar-refractivity contribution is 0.185. The lowest BCUT2D eigenvalue weighted by Gasteiger charge is -2.19. The first-order valence-electron chi connectivity index (χ1n) is 5.56. The SMILES string of the molecule is OCC1CCc2nc(-c3ccc(Cl)s3)nn2C1. The molecule has 0 amide bonds. The molecule has 3 heterocycles. The fourth-order valence-electron chi connectivity index (χ4n) is 2.06. The predicted molar refractivity (Wildman–Crippen MR) is 67.2 cm³/mol. The summed E-state index contributed by atoms with van der Waals surface area (Å²) >= 11 is 7.39. The van der Waals surface area contributed by atoms with Crippen LogP contribution in [-0.2, 0) is 13.0 Å². The van der Waals surface area contributed by atoms with Gasteiger partial charge in [-0.15, -0.1) is 16.4 Å². The lowest BCUT2D eigenvalue weighted by atomic mass is 10.0. The van der Waals surface area contributed by atoms with E-state index in [1.165, 1.54) is 11.3 Å². The van der Waals surface area contributed by atoms with Gasteiger partial charge in [0.25, 0.3) is 0 Å². The van der Waals surface area contributed by atoms with Crippen LogP contribution in [0.25, 0.3) is 10.7 Å². The second-order valence-corrected chi connectivity index (χ2v) is 5.94. The Balaban J connectivity index is 1.92. The third kappa shape index (κ3) is 2.10. The van der Waals surface area contributed by atoms with Crippen LogP contribution in [0.5, 0.6) is 0 Å². The number of hydrogen-bond donors (Lipinski definition) is 1. The highest BCUT2D eigenvalue weighted by Gasteiger charge is 2.21. The zero-order valence-electron chi connectivity index (χ0n) is 9.14. The van der Waals surface area contributed by atoms with Gasteiger partial charge in [-0.3, -0.25) is 0 Å². The van der Waals surface area contributed by atoms with Crippen molar-refractivity contribution in [1.82, 2.24) is 14.8 Å². The van der Waals surface area contributed by atoms with E-state index in [2.05, 4.69) is 10.1 Å². The summed E-state index contributed by atoms with van der Waals surface area (Å²) in [5.74, 6) is 2.06. The van der Waals surface area contributed by atoms with E-state index in [1.807, 2.05) is 16.8 Å². The topological polar surface area (TPSA) is 50.9 Å². The summed E-state index contributed by atoms with van der Waals surface area (Å²) in [6, 6.07) is 3.80. The van der Waals surface area contributed by atoms with Gasteiger partial charge in [0.15, 0.2) is 5.82 Å². The second kappa shape index (κ2) is 4.40. The van der Waals surface area contributed by atoms with E-state index in [9.17, 15) is 0 Å². The van der Waals surface area contributed by atoms with Gasteiger partial charge in [-0.05, 0) is 18.6 Å². The van der Waals surface area contributed by atoms with E-state index >= 15 is 0 Å². The number of rotatable bonds is 2. The van der Waals surface area contributed by atoms with E-state index in [0.29, 0.717) is 5.92 Å². The summed E-state index contributed by atoms with van der Waals surface area (Å²) in [4.78, 5) is 5.52. The molecular formula is C11H12ClN3OS. The van der Waals surface area contributed by atoms with Crippen molar-refractivity contribution in [3.8, 4) is 10.7 Å². The Morgan fingerprint density at radius 2 is 2.41 bits per heavy atom. The summed E-state index contributed by atoms with van der Waals surface area (Å²) in [6.45, 7) is 0.984. The van der Waals surface area contributed by atoms with Gasteiger partial charge in [0, 0.05) is 25.5 Å². The highest BCUT2D eigenvalue weighted by Crippen LogP contribution is 2.30. The van der Waals surface area contributed by atoms with Crippen molar-refractivity contribution in [2.24, 2.45) is 5.92 Å². The van der Waals surface area contributed by atoms with Crippen molar-refractivity contribution < 1.29 is 5.11 Å². The molecule has 0 saturated carbocycles. The number of aryl methyl sites for hydroxylation is 1. The molecule has 1 aliphatic heterocycles. The molecule has 3 rings (SSSR count). The van der Waals surface area contributed by atoms with Crippen LogP contribution in [-0.4, -0.2) is 26.5 Å². The number of hydrogen-bond acceptors (Lipinski definition) is 4. The van der Waals surface area contributed by atoms with Crippen LogP contribution in [0.1, 0.15) is 12.2 Å². The van der Waals surface area contributed by atoms with Crippen LogP contribution >= 0.6 is 22.9 Å². The number of fused-ring (bicyclic) bond motifs is 1. The van der Waals surface area contributed by atoms with Crippen LogP contribution in [0, 0.1) is 5.92 Å². The molecule has 2 aromatic heterocycles. The van der Waals surface area contributed by atoms with E-state index in [4.69, 9.17) is 16.7 Å². The zero-order chi connectivity index (χ0) is 11.8. The average Bonchev–Trinajstić information content (AvgIpc) is 2.93. The van der Waals surface area contributed by atoms with Crippen LogP contribution < -0.4 is 0 Å². The first-order chi connectivity index (χ1) is 8.26.